The summed E-state index contributed by atoms with van der Waals surface area (Å²) >= 11 is 0. The molecule has 0 unspecified atom stereocenters. The van der Waals surface area contributed by atoms with Gasteiger partial charge in [-0.05, 0) is 36.6 Å². The van der Waals surface area contributed by atoms with Gasteiger partial charge in [0.05, 0.1) is 0 Å². The van der Waals surface area contributed by atoms with Crippen molar-refractivity contribution in [2.45, 2.75) is 26.7 Å². The minimum absolute atomic E-state index is 0.394. The summed E-state index contributed by atoms with van der Waals surface area (Å²) in [5.74, 6) is 0.394. The van der Waals surface area contributed by atoms with E-state index in [4.69, 9.17) is 5.73 Å². The van der Waals surface area contributed by atoms with Crippen molar-refractivity contribution in [1.29, 1.82) is 0 Å². The van der Waals surface area contributed by atoms with Crippen LogP contribution in [0.2, 0.25) is 0 Å². The van der Waals surface area contributed by atoms with E-state index in [1.165, 1.54) is 0 Å². The molecule has 66 valence electrons. The number of aromatic hydroxyl groups is 1. The summed E-state index contributed by atoms with van der Waals surface area (Å²) in [7, 11) is 0. The first kappa shape index (κ1) is 8.91. The van der Waals surface area contributed by atoms with Crippen molar-refractivity contribution in [2.75, 3.05) is 5.73 Å². The topological polar surface area (TPSA) is 46.2 Å². The second kappa shape index (κ2) is 3.48. The lowest BCUT2D eigenvalue weighted by atomic mass is 10.0. The Bertz CT molecular complexity index is 281. The lowest BCUT2D eigenvalue weighted by molar-refractivity contribution is 0.463. The molecule has 1 aromatic carbocycles. The predicted octanol–water partition coefficient (Wildman–Crippen LogP) is 2.24. The van der Waals surface area contributed by atoms with Crippen LogP contribution in [0.3, 0.4) is 0 Å². The summed E-state index contributed by atoms with van der Waals surface area (Å²) in [5.41, 5.74) is 8.19. The average Bonchev–Trinajstić information content (AvgIpc) is 2.00. The third kappa shape index (κ3) is 1.70. The van der Waals surface area contributed by atoms with Gasteiger partial charge in [0.1, 0.15) is 5.75 Å². The normalized spacial score (nSPS) is 10.2. The Morgan fingerprint density at radius 1 is 1.42 bits per heavy atom. The van der Waals surface area contributed by atoms with Gasteiger partial charge in [0.15, 0.2) is 0 Å². The Labute approximate surface area is 73.0 Å². The maximum absolute atomic E-state index is 9.60. The molecule has 1 aromatic rings. The van der Waals surface area contributed by atoms with Crippen molar-refractivity contribution in [1.82, 2.24) is 0 Å². The fourth-order valence-corrected chi connectivity index (χ4v) is 1.34. The molecule has 0 aliphatic carbocycles. The van der Waals surface area contributed by atoms with E-state index in [-0.39, 0.29) is 0 Å². The predicted molar refractivity (Wildman–Crippen MR) is 51.3 cm³/mol. The van der Waals surface area contributed by atoms with Gasteiger partial charge in [-0.2, -0.15) is 0 Å². The lowest BCUT2D eigenvalue weighted by Crippen LogP contribution is -1.92. The molecule has 0 saturated carbocycles. The molecule has 2 heteroatoms. The molecule has 0 bridgehead atoms. The fraction of sp³-hybridized carbons (Fsp3) is 0.400. The van der Waals surface area contributed by atoms with Crippen LogP contribution < -0.4 is 5.73 Å². The van der Waals surface area contributed by atoms with Crippen LogP contribution in [0, 0.1) is 6.92 Å². The zero-order valence-electron chi connectivity index (χ0n) is 7.59. The van der Waals surface area contributed by atoms with Gasteiger partial charge < -0.3 is 10.8 Å². The van der Waals surface area contributed by atoms with E-state index in [1.54, 1.807) is 6.07 Å². The molecular formula is C10H15NO. The van der Waals surface area contributed by atoms with E-state index in [2.05, 4.69) is 6.92 Å². The van der Waals surface area contributed by atoms with Crippen LogP contribution in [0.15, 0.2) is 12.1 Å². The summed E-state index contributed by atoms with van der Waals surface area (Å²) in [6.45, 7) is 3.95. The Morgan fingerprint density at radius 3 is 2.67 bits per heavy atom. The molecule has 0 radical (unpaired) electrons. The Hall–Kier alpha value is -1.18. The minimum atomic E-state index is 0.394. The number of phenolic OH excluding ortho intramolecular Hbond substituents is 1. The van der Waals surface area contributed by atoms with Crippen molar-refractivity contribution in [2.24, 2.45) is 0 Å². The van der Waals surface area contributed by atoms with E-state index >= 15 is 0 Å². The summed E-state index contributed by atoms with van der Waals surface area (Å²) in [4.78, 5) is 0. The number of nitrogens with two attached hydrogens (primary N) is 1. The molecule has 0 amide bonds. The van der Waals surface area contributed by atoms with E-state index in [0.29, 0.717) is 5.75 Å². The second-order valence-corrected chi connectivity index (χ2v) is 3.10. The number of aryl methyl sites for hydroxylation is 2. The molecule has 0 saturated heterocycles. The number of phenols is 1. The SMILES string of the molecule is CCCc1cc(N)cc(C)c1O. The smallest absolute Gasteiger partial charge is 0.121 e. The minimum Gasteiger partial charge on any atom is -0.507 e. The van der Waals surface area contributed by atoms with E-state index in [0.717, 1.165) is 29.7 Å². The zero-order valence-corrected chi connectivity index (χ0v) is 7.59. The van der Waals surface area contributed by atoms with Gasteiger partial charge in [0.2, 0.25) is 0 Å². The second-order valence-electron chi connectivity index (χ2n) is 3.10. The molecule has 3 N–H and O–H groups in total. The van der Waals surface area contributed by atoms with Crippen molar-refractivity contribution >= 4 is 5.69 Å². The standard InChI is InChI=1S/C10H15NO/c1-3-4-8-6-9(11)5-7(2)10(8)12/h5-6,12H,3-4,11H2,1-2H3. The lowest BCUT2D eigenvalue weighted by Gasteiger charge is -2.07. The van der Waals surface area contributed by atoms with Crippen LogP contribution >= 0.6 is 0 Å². The molecule has 0 aliphatic rings. The van der Waals surface area contributed by atoms with E-state index < -0.39 is 0 Å². The third-order valence-electron chi connectivity index (χ3n) is 1.92. The first-order valence-electron chi connectivity index (χ1n) is 4.23. The first-order chi connectivity index (χ1) is 5.65. The van der Waals surface area contributed by atoms with Gasteiger partial charge in [-0.25, -0.2) is 0 Å². The van der Waals surface area contributed by atoms with Crippen molar-refractivity contribution in [3.63, 3.8) is 0 Å². The number of benzene rings is 1. The van der Waals surface area contributed by atoms with Crippen molar-refractivity contribution in [3.05, 3.63) is 23.3 Å². The largest absolute Gasteiger partial charge is 0.507 e. The van der Waals surface area contributed by atoms with Crippen molar-refractivity contribution < 1.29 is 5.11 Å². The summed E-state index contributed by atoms with van der Waals surface area (Å²) in [6, 6.07) is 3.63. The van der Waals surface area contributed by atoms with Gasteiger partial charge in [-0.1, -0.05) is 13.3 Å². The molecule has 0 aromatic heterocycles. The highest BCUT2D eigenvalue weighted by atomic mass is 16.3. The molecular weight excluding hydrogens is 150 g/mol. The van der Waals surface area contributed by atoms with Crippen LogP contribution in [0.4, 0.5) is 5.69 Å². The van der Waals surface area contributed by atoms with Gasteiger partial charge in [-0.3, -0.25) is 0 Å². The van der Waals surface area contributed by atoms with Crippen LogP contribution in [0.5, 0.6) is 5.75 Å². The van der Waals surface area contributed by atoms with Crippen LogP contribution in [-0.2, 0) is 6.42 Å². The molecule has 1 rings (SSSR count). The first-order valence-corrected chi connectivity index (χ1v) is 4.23. The molecule has 0 aliphatic heterocycles. The number of anilines is 1. The maximum atomic E-state index is 9.60. The highest BCUT2D eigenvalue weighted by Gasteiger charge is 2.03. The zero-order chi connectivity index (χ0) is 9.14. The van der Waals surface area contributed by atoms with Gasteiger partial charge in [0, 0.05) is 5.69 Å². The van der Waals surface area contributed by atoms with Gasteiger partial charge >= 0.3 is 0 Å². The average molecular weight is 165 g/mol. The third-order valence-corrected chi connectivity index (χ3v) is 1.92. The monoisotopic (exact) mass is 165 g/mol. The highest BCUT2D eigenvalue weighted by molar-refractivity contribution is 5.52. The molecule has 0 atom stereocenters. The van der Waals surface area contributed by atoms with Crippen LogP contribution in [0.25, 0.3) is 0 Å². The molecule has 0 spiro atoms. The Morgan fingerprint density at radius 2 is 2.08 bits per heavy atom. The fourth-order valence-electron chi connectivity index (χ4n) is 1.34. The summed E-state index contributed by atoms with van der Waals surface area (Å²) in [5, 5.41) is 9.60. The Kier molecular flexibility index (Phi) is 2.58. The number of hydrogen-bond acceptors (Lipinski definition) is 2. The molecule has 0 heterocycles. The quantitative estimate of drug-likeness (QED) is 0.521. The number of hydrogen-bond donors (Lipinski definition) is 2. The Balaban J connectivity index is 3.09. The van der Waals surface area contributed by atoms with Crippen LogP contribution in [-0.4, -0.2) is 5.11 Å². The van der Waals surface area contributed by atoms with Crippen LogP contribution in [0.1, 0.15) is 24.5 Å². The number of rotatable bonds is 2. The maximum Gasteiger partial charge on any atom is 0.121 e. The summed E-state index contributed by atoms with van der Waals surface area (Å²) in [6.07, 6.45) is 1.91. The van der Waals surface area contributed by atoms with E-state index in [1.807, 2.05) is 13.0 Å². The molecule has 0 fully saturated rings. The molecule has 12 heavy (non-hydrogen) atoms. The van der Waals surface area contributed by atoms with E-state index in [9.17, 15) is 5.11 Å². The number of nitrogen functional groups attached to an aromatic ring is 1. The van der Waals surface area contributed by atoms with Gasteiger partial charge in [-0.15, -0.1) is 0 Å². The summed E-state index contributed by atoms with van der Waals surface area (Å²) < 4.78 is 0. The van der Waals surface area contributed by atoms with Gasteiger partial charge in [0.25, 0.3) is 0 Å². The molecule has 2 nitrogen and oxygen atoms in total. The highest BCUT2D eigenvalue weighted by Crippen LogP contribution is 2.25. The van der Waals surface area contributed by atoms with Crippen molar-refractivity contribution in [3.8, 4) is 5.75 Å².